The molecule has 22 unspecified atom stereocenters. The molecule has 0 aromatic carbocycles. The van der Waals surface area contributed by atoms with Crippen LogP contribution in [0.1, 0.15) is 68.7 Å². The first-order valence-electron chi connectivity index (χ1n) is 35.8. The van der Waals surface area contributed by atoms with Crippen molar-refractivity contribution in [3.05, 3.63) is 0 Å². The van der Waals surface area contributed by atoms with Crippen LogP contribution in [0.15, 0.2) is 0 Å². The summed E-state index contributed by atoms with van der Waals surface area (Å²) in [6, 6.07) is 0. The molecular formula is C52H83O65S12-5. The van der Waals surface area contributed by atoms with E-state index in [1.165, 1.54) is 20.8 Å². The van der Waals surface area contributed by atoms with Gasteiger partial charge in [0.2, 0.25) is 0 Å². The van der Waals surface area contributed by atoms with Crippen LogP contribution in [0.2, 0.25) is 0 Å². The molecule has 39 atom stereocenters. The number of carboxylic acid groups (broad SMARTS) is 2. The van der Waals surface area contributed by atoms with Gasteiger partial charge in [-0.05, 0) is 38.0 Å². The highest BCUT2D eigenvalue weighted by Gasteiger charge is 2.61. The third-order valence-corrected chi connectivity index (χ3v) is 24.9. The Morgan fingerprint density at radius 1 is 0.349 bits per heavy atom. The van der Waals surface area contributed by atoms with Gasteiger partial charge in [-0.25, -0.2) is 74.6 Å². The number of rotatable bonds is 48. The van der Waals surface area contributed by atoms with Gasteiger partial charge in [-0.2, -0.15) is 67.3 Å². The van der Waals surface area contributed by atoms with E-state index in [4.69, 9.17) is 97.2 Å². The van der Waals surface area contributed by atoms with E-state index < -0.39 is 393 Å². The Kier molecular flexibility index (Phi) is 41.3. The first-order valence-corrected chi connectivity index (χ1v) is 50.7. The smallest absolute Gasteiger partial charge is 0.397 e. The molecule has 7 rings (SSSR count). The summed E-state index contributed by atoms with van der Waals surface area (Å²) in [5.74, 6) is -16.8. The summed E-state index contributed by atoms with van der Waals surface area (Å²) in [5.41, 5.74) is 0. The Hall–Kier alpha value is -2.50. The van der Waals surface area contributed by atoms with Crippen molar-refractivity contribution in [2.24, 2.45) is 47.3 Å². The molecule has 0 saturated carbocycles. The monoisotopic (exact) mass is 2130 g/mol. The van der Waals surface area contributed by atoms with E-state index in [0.29, 0.717) is 0 Å². The van der Waals surface area contributed by atoms with Gasteiger partial charge in [0, 0.05) is 29.6 Å². The topological polar surface area (TPSA) is 941 Å². The van der Waals surface area contributed by atoms with E-state index in [9.17, 15) is 159 Å². The van der Waals surface area contributed by atoms with Crippen LogP contribution in [-0.2, 0) is 270 Å². The Bertz CT molecular complexity index is 4800. The summed E-state index contributed by atoms with van der Waals surface area (Å²) >= 11 is -14.4. The summed E-state index contributed by atoms with van der Waals surface area (Å²) in [5, 5.41) is 23.8. The minimum absolute atomic E-state index is 0.856. The molecule has 0 aromatic heterocycles. The quantitative estimate of drug-likeness (QED) is 0.0118. The number of aliphatic carboxylic acids is 2. The van der Waals surface area contributed by atoms with Crippen LogP contribution in [0.5, 0.6) is 0 Å². The summed E-state index contributed by atoms with van der Waals surface area (Å²) in [6.45, 7) is 2.92. The molecule has 0 bridgehead atoms. The highest BCUT2D eigenvalue weighted by Crippen LogP contribution is 2.47. The Morgan fingerprint density at radius 3 is 1.08 bits per heavy atom. The van der Waals surface area contributed by atoms with E-state index >= 15 is 0 Å². The molecule has 7 saturated heterocycles. The Labute approximate surface area is 741 Å². The first-order chi connectivity index (χ1) is 59.1. The molecule has 758 valence electrons. The van der Waals surface area contributed by atoms with Crippen molar-refractivity contribution in [2.75, 3.05) is 33.0 Å². The van der Waals surface area contributed by atoms with Crippen LogP contribution in [-0.4, -0.2) is 355 Å². The molecule has 0 amide bonds. The van der Waals surface area contributed by atoms with Crippen molar-refractivity contribution in [3.8, 4) is 0 Å². The zero-order valence-electron chi connectivity index (χ0n) is 66.2. The Morgan fingerprint density at radius 2 is 0.667 bits per heavy atom. The number of carboxylic acids is 2. The summed E-state index contributed by atoms with van der Waals surface area (Å²) in [7, 11) is -46.5. The fourth-order valence-electron chi connectivity index (χ4n) is 14.6. The second-order valence-electron chi connectivity index (χ2n) is 28.7. The van der Waals surface area contributed by atoms with Crippen molar-refractivity contribution < 1.29 is 291 Å². The third kappa shape index (κ3) is 34.8. The van der Waals surface area contributed by atoms with Crippen LogP contribution in [0.25, 0.3) is 0 Å². The average Bonchev–Trinajstić information content (AvgIpc) is 0.761. The second kappa shape index (κ2) is 47.0. The number of hydrogen-bond acceptors (Lipinski definition) is 56. The molecule has 0 aliphatic carbocycles. The molecule has 77 heteroatoms. The summed E-state index contributed by atoms with van der Waals surface area (Å²) in [4.78, 5) is 45.2. The molecule has 65 nitrogen and oxygen atoms in total. The van der Waals surface area contributed by atoms with Crippen molar-refractivity contribution >= 4 is 141 Å². The molecule has 7 aliphatic rings. The highest BCUT2D eigenvalue weighted by molar-refractivity contribution is 7.82. The van der Waals surface area contributed by atoms with Gasteiger partial charge in [0.1, 0.15) is 151 Å². The van der Waals surface area contributed by atoms with E-state index in [1.807, 2.05) is 0 Å². The van der Waals surface area contributed by atoms with Crippen LogP contribution in [0.4, 0.5) is 0 Å². The maximum absolute atomic E-state index is 13.6. The van der Waals surface area contributed by atoms with Crippen molar-refractivity contribution in [1.29, 1.82) is 0 Å². The maximum Gasteiger partial charge on any atom is 0.397 e. The second-order valence-corrected chi connectivity index (χ2v) is 39.4. The average molecular weight is 2130 g/mol. The first kappa shape index (κ1) is 113. The molecule has 9 N–H and O–H groups in total. The van der Waals surface area contributed by atoms with Gasteiger partial charge in [0.15, 0.2) is 56.1 Å². The van der Waals surface area contributed by atoms with E-state index in [0.717, 1.165) is 41.5 Å². The van der Waals surface area contributed by atoms with Gasteiger partial charge in [-0.3, -0.25) is 36.4 Å². The molecule has 7 aliphatic heterocycles. The molecule has 7 fully saturated rings. The number of hydrogen-bond donors (Lipinski definition) is 9. The fourth-order valence-corrected chi connectivity index (χ4v) is 18.9. The zero-order chi connectivity index (χ0) is 97.4. The minimum Gasteiger partial charge on any atom is -0.748 e. The van der Waals surface area contributed by atoms with Crippen LogP contribution in [0, 0.1) is 47.3 Å². The minimum atomic E-state index is -6.16. The molecule has 0 aromatic rings. The third-order valence-electron chi connectivity index (χ3n) is 20.4. The number of carbonyl (C=O) groups is 2. The predicted molar refractivity (Wildman–Crippen MR) is 382 cm³/mol. The lowest BCUT2D eigenvalue weighted by Crippen LogP contribution is -2.65. The lowest BCUT2D eigenvalue weighted by molar-refractivity contribution is -0.379. The van der Waals surface area contributed by atoms with Crippen molar-refractivity contribution in [1.82, 2.24) is 0 Å². The van der Waals surface area contributed by atoms with Crippen LogP contribution < -0.4 is 5.11 Å². The molecule has 0 radical (unpaired) electrons. The van der Waals surface area contributed by atoms with Gasteiger partial charge in [0.25, 0.3) is 0 Å². The van der Waals surface area contributed by atoms with E-state index in [-0.39, 0.29) is 0 Å². The summed E-state index contributed by atoms with van der Waals surface area (Å²) < 4.78 is 503. The van der Waals surface area contributed by atoms with Gasteiger partial charge in [0.05, 0.1) is 43.6 Å². The predicted octanol–water partition coefficient (Wildman–Crippen LogP) is -8.15. The van der Waals surface area contributed by atoms with E-state index in [1.54, 1.807) is 0 Å². The highest BCUT2D eigenvalue weighted by atomic mass is 32.3. The van der Waals surface area contributed by atoms with Gasteiger partial charge in [-0.15, -0.1) is 17.3 Å². The molecule has 129 heavy (non-hydrogen) atoms. The summed E-state index contributed by atoms with van der Waals surface area (Å²) in [6.07, 6.45) is -63.1. The number of carbonyl (C=O) groups excluding carboxylic acids is 1. The standard InChI is InChI=1S/C52H88O65S12/c1-16-18(3)47(97-30(14-92-122(65,66)67)32(16)101-50-36(109-125(74,75)76)21(6)33(27(98-50)11-89-114-118(57)58)102-51-37(110-126(77,78)79)22(7)34(108-124(71,72)73)28(99-51)12-90-115-119(59)60)103-35-17(2)19(4)48(106-43(35)46(55)56)104-39-29(13-91-116-120(61)62)100-52(44(113-129(86,87)88)42(39)112-128(83,84)85)95-23(8)25-10-26(45(53)54)96-49(20(25)5)105-40-31(15-93-123(68,69)70)94-24(9)38(107-117-121(63)64)41(40)111-127(80,81)82/h16-44,47-52H,10-15H2,1-9H3,(H,53,54)(H,55,56)(H,57,58)(H,59,60)(H,61,62)(H,63,64)(H,65,66,67)(H,68,69,70)(H,71,72,73)(H,74,75,76)(H,77,78,79)(H,80,81,82)(H,83,84,85)(H,86,87,88)/p-5/t16?,17?,18?,19?,20?,21-,22-,23?,24+,25+,26?,27?,28?,29?,30?,31?,32-,33+,34+,35-,36?,37?,38?,39-,40+,41?,42-,43?,44?,47+,48-,49+,50-,51-,52+/m0/s1. The van der Waals surface area contributed by atoms with E-state index in [2.05, 4.69) is 34.8 Å². The van der Waals surface area contributed by atoms with Crippen LogP contribution in [0.3, 0.4) is 0 Å². The SMILES string of the molecule is CC1C(C)[C@H](O[C@@H]2OC(COOS(=O)[O-])[C@H](O[C@@H]3OC(COOS(=O)[O-])[C@H](OS(=O)(=O)O)[C@H](C)C3OS(=O)(=O)O)[C@H](C)C2OS(=O)(=O)O)C(COS(=O)(=O)O)O[C@@H]1O[C@@H]1C(C(=O)O)O[C@H](O[C@H]2C(COOS(=O)[O-])O[C@@H](OC(C)[C@@H]3CC(C(=O)[O-])O[C@H](O[C@@H]4C(COS(=O)(=O)O)O[C@H](C)C(OOS(=O)[O-])C4OS(=O)(=O)O)C3C)C(OS(=O)(=O)O)[C@H]2OS(=O)(=O)O)C(C)C1C. The Balaban J connectivity index is 1.21. The van der Waals surface area contributed by atoms with Gasteiger partial charge >= 0.3 is 89.2 Å². The lowest BCUT2D eigenvalue weighted by atomic mass is 9.81. The van der Waals surface area contributed by atoms with Crippen LogP contribution >= 0.6 is 0 Å². The fraction of sp³-hybridized carbons (Fsp3) is 0.962. The van der Waals surface area contributed by atoms with Gasteiger partial charge in [-0.1, -0.05) is 48.5 Å². The molecule has 7 heterocycles. The molecule has 0 spiro atoms. The van der Waals surface area contributed by atoms with Crippen molar-refractivity contribution in [3.63, 3.8) is 0 Å². The largest absolute Gasteiger partial charge is 0.748 e. The van der Waals surface area contributed by atoms with Crippen molar-refractivity contribution in [2.45, 2.75) is 235 Å². The maximum atomic E-state index is 13.6. The normalized spacial score (nSPS) is 38.7. The lowest BCUT2D eigenvalue weighted by Gasteiger charge is -2.51. The zero-order valence-corrected chi connectivity index (χ0v) is 76.0. The molecular weight excluding hydrogens is 2050 g/mol. The van der Waals surface area contributed by atoms with Gasteiger partial charge < -0.3 is 94.8 Å². The number of ether oxygens (including phenoxy) is 13.